The van der Waals surface area contributed by atoms with Crippen molar-refractivity contribution in [3.63, 3.8) is 0 Å². The first-order valence-corrected chi connectivity index (χ1v) is 9.21. The van der Waals surface area contributed by atoms with Crippen LogP contribution in [0.2, 0.25) is 0 Å². The minimum atomic E-state index is -0.497. The number of para-hydroxylation sites is 2. The predicted molar refractivity (Wildman–Crippen MR) is 113 cm³/mol. The molecule has 0 aliphatic rings. The number of hydrogen-bond donors (Lipinski definition) is 1. The maximum absolute atomic E-state index is 13.1. The number of nitriles is 1. The van der Waals surface area contributed by atoms with Crippen LogP contribution in [0.15, 0.2) is 79.0 Å². The van der Waals surface area contributed by atoms with Crippen molar-refractivity contribution in [1.82, 2.24) is 9.38 Å². The van der Waals surface area contributed by atoms with Crippen molar-refractivity contribution in [2.75, 3.05) is 17.3 Å². The molecule has 1 N–H and O–H groups in total. The van der Waals surface area contributed by atoms with E-state index in [4.69, 9.17) is 0 Å². The molecule has 2 aromatic carbocycles. The molecule has 0 unspecified atom stereocenters. The van der Waals surface area contributed by atoms with Crippen LogP contribution in [-0.2, 0) is 0 Å². The van der Waals surface area contributed by atoms with Gasteiger partial charge in [-0.1, -0.05) is 36.4 Å². The van der Waals surface area contributed by atoms with Gasteiger partial charge in [0.25, 0.3) is 11.8 Å². The Morgan fingerprint density at radius 2 is 1.70 bits per heavy atom. The first-order valence-electron chi connectivity index (χ1n) is 9.21. The van der Waals surface area contributed by atoms with E-state index < -0.39 is 5.91 Å². The molecule has 0 saturated heterocycles. The lowest BCUT2D eigenvalue weighted by molar-refractivity contribution is 0.0982. The number of nitrogens with zero attached hydrogens (tertiary/aromatic N) is 4. The fraction of sp³-hybridized carbons (Fsp3) is 0.0435. The molecule has 0 saturated carbocycles. The number of hydrogen-bond acceptors (Lipinski definition) is 4. The highest BCUT2D eigenvalue weighted by molar-refractivity contribution is 6.11. The van der Waals surface area contributed by atoms with E-state index >= 15 is 0 Å². The SMILES string of the molecule is CN(C(=O)c1nc(C(=O)Nc2ccccc2C#N)c2ccccn12)c1ccccc1. The molecule has 0 spiro atoms. The van der Waals surface area contributed by atoms with Gasteiger partial charge < -0.3 is 10.2 Å². The van der Waals surface area contributed by atoms with Gasteiger partial charge in [0.2, 0.25) is 5.82 Å². The highest BCUT2D eigenvalue weighted by Crippen LogP contribution is 2.20. The van der Waals surface area contributed by atoms with E-state index in [2.05, 4.69) is 10.3 Å². The quantitative estimate of drug-likeness (QED) is 0.570. The van der Waals surface area contributed by atoms with Crippen LogP contribution in [0.5, 0.6) is 0 Å². The van der Waals surface area contributed by atoms with Crippen LogP contribution in [0, 0.1) is 11.3 Å². The van der Waals surface area contributed by atoms with E-state index in [9.17, 15) is 14.9 Å². The predicted octanol–water partition coefficient (Wildman–Crippen LogP) is 3.73. The van der Waals surface area contributed by atoms with Crippen molar-refractivity contribution < 1.29 is 9.59 Å². The number of nitrogens with one attached hydrogen (secondary N) is 1. The largest absolute Gasteiger partial charge is 0.319 e. The Kier molecular flexibility index (Phi) is 4.97. The average Bonchev–Trinajstić information content (AvgIpc) is 3.19. The van der Waals surface area contributed by atoms with E-state index in [-0.39, 0.29) is 17.4 Å². The third-order valence-corrected chi connectivity index (χ3v) is 4.70. The van der Waals surface area contributed by atoms with Crippen molar-refractivity contribution in [3.8, 4) is 6.07 Å². The fourth-order valence-corrected chi connectivity index (χ4v) is 3.15. The Bertz CT molecular complexity index is 1290. The van der Waals surface area contributed by atoms with Gasteiger partial charge in [0.1, 0.15) is 6.07 Å². The molecule has 0 bridgehead atoms. The fourth-order valence-electron chi connectivity index (χ4n) is 3.15. The topological polar surface area (TPSA) is 90.5 Å². The first kappa shape index (κ1) is 18.9. The van der Waals surface area contributed by atoms with Gasteiger partial charge in [0.15, 0.2) is 5.69 Å². The van der Waals surface area contributed by atoms with E-state index in [1.165, 1.54) is 4.90 Å². The molecule has 146 valence electrons. The van der Waals surface area contributed by atoms with Crippen LogP contribution in [0.25, 0.3) is 5.52 Å². The number of pyridine rings is 1. The lowest BCUT2D eigenvalue weighted by Crippen LogP contribution is -2.28. The third-order valence-electron chi connectivity index (χ3n) is 4.70. The second-order valence-electron chi connectivity index (χ2n) is 6.55. The standard InChI is InChI=1S/C23H17N5O2/c1-27(17-10-3-2-4-11-17)23(30)21-26-20(19-13-7-8-14-28(19)21)22(29)25-18-12-6-5-9-16(18)15-24/h2-14H,1H3,(H,25,29). The van der Waals surface area contributed by atoms with E-state index in [0.717, 1.165) is 0 Å². The van der Waals surface area contributed by atoms with Crippen molar-refractivity contribution in [2.24, 2.45) is 0 Å². The molecular weight excluding hydrogens is 378 g/mol. The zero-order chi connectivity index (χ0) is 21.1. The zero-order valence-corrected chi connectivity index (χ0v) is 16.1. The lowest BCUT2D eigenvalue weighted by Gasteiger charge is -2.16. The van der Waals surface area contributed by atoms with E-state index in [1.54, 1.807) is 60.1 Å². The van der Waals surface area contributed by atoms with Gasteiger partial charge in [-0.3, -0.25) is 14.0 Å². The van der Waals surface area contributed by atoms with Crippen molar-refractivity contribution >= 4 is 28.7 Å². The maximum Gasteiger partial charge on any atom is 0.294 e. The lowest BCUT2D eigenvalue weighted by atomic mass is 10.2. The Labute approximate surface area is 172 Å². The number of amides is 2. The third kappa shape index (κ3) is 3.38. The number of carbonyl (C=O) groups is 2. The highest BCUT2D eigenvalue weighted by Gasteiger charge is 2.24. The Hall–Kier alpha value is -4.44. The summed E-state index contributed by atoms with van der Waals surface area (Å²) < 4.78 is 1.59. The van der Waals surface area contributed by atoms with Crippen molar-refractivity contribution in [2.45, 2.75) is 0 Å². The molecule has 0 aliphatic carbocycles. The number of imidazole rings is 1. The second kappa shape index (κ2) is 7.89. The molecule has 0 aliphatic heterocycles. The van der Waals surface area contributed by atoms with Gasteiger partial charge in [-0.2, -0.15) is 5.26 Å². The molecular formula is C23H17N5O2. The van der Waals surface area contributed by atoms with Crippen LogP contribution in [-0.4, -0.2) is 28.2 Å². The molecule has 0 fully saturated rings. The zero-order valence-electron chi connectivity index (χ0n) is 16.1. The summed E-state index contributed by atoms with van der Waals surface area (Å²) in [6.45, 7) is 0. The molecule has 4 aromatic rings. The molecule has 7 nitrogen and oxygen atoms in total. The van der Waals surface area contributed by atoms with Crippen LogP contribution < -0.4 is 10.2 Å². The minimum absolute atomic E-state index is 0.105. The van der Waals surface area contributed by atoms with Gasteiger partial charge in [0, 0.05) is 18.9 Å². The van der Waals surface area contributed by atoms with Crippen molar-refractivity contribution in [1.29, 1.82) is 5.26 Å². The highest BCUT2D eigenvalue weighted by atomic mass is 16.2. The van der Waals surface area contributed by atoms with Crippen LogP contribution in [0.4, 0.5) is 11.4 Å². The van der Waals surface area contributed by atoms with E-state index in [1.807, 2.05) is 36.4 Å². The minimum Gasteiger partial charge on any atom is -0.319 e. The van der Waals surface area contributed by atoms with Gasteiger partial charge in [-0.05, 0) is 36.4 Å². The monoisotopic (exact) mass is 395 g/mol. The summed E-state index contributed by atoms with van der Waals surface area (Å²) in [6.07, 6.45) is 1.69. The molecule has 30 heavy (non-hydrogen) atoms. The average molecular weight is 395 g/mol. The Balaban J connectivity index is 1.73. The molecule has 4 rings (SSSR count). The summed E-state index contributed by atoms with van der Waals surface area (Å²) in [7, 11) is 1.66. The van der Waals surface area contributed by atoms with Crippen LogP contribution >= 0.6 is 0 Å². The summed E-state index contributed by atoms with van der Waals surface area (Å²) >= 11 is 0. The smallest absolute Gasteiger partial charge is 0.294 e. The molecule has 0 radical (unpaired) electrons. The summed E-state index contributed by atoms with van der Waals surface area (Å²) in [5.41, 5.74) is 2.04. The van der Waals surface area contributed by atoms with Gasteiger partial charge >= 0.3 is 0 Å². The number of rotatable bonds is 4. The van der Waals surface area contributed by atoms with Gasteiger partial charge in [0.05, 0.1) is 16.8 Å². The number of benzene rings is 2. The molecule has 2 aromatic heterocycles. The number of aromatic nitrogens is 2. The number of carbonyl (C=O) groups excluding carboxylic acids is 2. The van der Waals surface area contributed by atoms with Gasteiger partial charge in [-0.25, -0.2) is 4.98 Å². The maximum atomic E-state index is 13.1. The van der Waals surface area contributed by atoms with Crippen molar-refractivity contribution in [3.05, 3.63) is 96.1 Å². The van der Waals surface area contributed by atoms with Crippen LogP contribution in [0.3, 0.4) is 0 Å². The molecule has 2 heterocycles. The molecule has 2 amide bonds. The normalized spacial score (nSPS) is 10.4. The van der Waals surface area contributed by atoms with E-state index in [0.29, 0.717) is 22.5 Å². The van der Waals surface area contributed by atoms with Gasteiger partial charge in [-0.15, -0.1) is 0 Å². The van der Waals surface area contributed by atoms with Crippen LogP contribution in [0.1, 0.15) is 26.7 Å². The number of fused-ring (bicyclic) bond motifs is 1. The summed E-state index contributed by atoms with van der Waals surface area (Å²) in [5, 5.41) is 12.0. The Morgan fingerprint density at radius 3 is 2.47 bits per heavy atom. The number of anilines is 2. The Morgan fingerprint density at radius 1 is 1.00 bits per heavy atom. The summed E-state index contributed by atoms with van der Waals surface area (Å²) in [6, 6.07) is 23.2. The summed E-state index contributed by atoms with van der Waals surface area (Å²) in [4.78, 5) is 31.9. The first-order chi connectivity index (χ1) is 14.6. The molecule has 7 heteroatoms. The second-order valence-corrected chi connectivity index (χ2v) is 6.55. The molecule has 0 atom stereocenters. The summed E-state index contributed by atoms with van der Waals surface area (Å²) in [5.74, 6) is -0.725.